The molecule has 106 valence electrons. The lowest BCUT2D eigenvalue weighted by atomic mass is 9.95. The summed E-state index contributed by atoms with van der Waals surface area (Å²) in [7, 11) is 0. The maximum atomic E-state index is 6.24. The number of nitrogens with two attached hydrogens (primary N) is 1. The molecular formula is C16H25ClN2. The van der Waals surface area contributed by atoms with E-state index in [-0.39, 0.29) is 0 Å². The van der Waals surface area contributed by atoms with Crippen LogP contribution in [0.4, 0.5) is 0 Å². The average molecular weight is 281 g/mol. The first-order chi connectivity index (χ1) is 9.02. The Morgan fingerprint density at radius 2 is 2.16 bits per heavy atom. The quantitative estimate of drug-likeness (QED) is 0.913. The number of benzene rings is 1. The Morgan fingerprint density at radius 3 is 2.68 bits per heavy atom. The van der Waals surface area contributed by atoms with E-state index in [4.69, 9.17) is 17.3 Å². The van der Waals surface area contributed by atoms with E-state index in [0.29, 0.717) is 12.6 Å². The van der Waals surface area contributed by atoms with Gasteiger partial charge in [-0.2, -0.15) is 0 Å². The van der Waals surface area contributed by atoms with Crippen molar-refractivity contribution in [3.05, 3.63) is 34.3 Å². The molecule has 0 amide bonds. The van der Waals surface area contributed by atoms with Crippen LogP contribution in [0.2, 0.25) is 5.02 Å². The number of nitrogens with zero attached hydrogens (tertiary/aromatic N) is 1. The third-order valence-electron chi connectivity index (χ3n) is 4.44. The summed E-state index contributed by atoms with van der Waals surface area (Å²) in [6.45, 7) is 9.63. The van der Waals surface area contributed by atoms with Gasteiger partial charge in [-0.15, -0.1) is 0 Å². The Balaban J connectivity index is 2.14. The average Bonchev–Trinajstić information content (AvgIpc) is 2.84. The highest BCUT2D eigenvalue weighted by molar-refractivity contribution is 6.31. The van der Waals surface area contributed by atoms with Gasteiger partial charge in [-0.05, 0) is 48.9 Å². The lowest BCUT2D eigenvalue weighted by molar-refractivity contribution is 0.232. The summed E-state index contributed by atoms with van der Waals surface area (Å²) in [6.07, 6.45) is 1.29. The first-order valence-corrected chi connectivity index (χ1v) is 7.61. The molecule has 1 aliphatic heterocycles. The minimum absolute atomic E-state index is 0.307. The minimum Gasteiger partial charge on any atom is -0.329 e. The number of hydrogen-bond donors (Lipinski definition) is 1. The zero-order valence-electron chi connectivity index (χ0n) is 12.2. The van der Waals surface area contributed by atoms with Crippen LogP contribution in [0.1, 0.15) is 37.4 Å². The number of halogens is 1. The van der Waals surface area contributed by atoms with Crippen LogP contribution < -0.4 is 5.73 Å². The smallest absolute Gasteiger partial charge is 0.0471 e. The first-order valence-electron chi connectivity index (χ1n) is 7.23. The van der Waals surface area contributed by atoms with Gasteiger partial charge in [-0.3, -0.25) is 4.90 Å². The van der Waals surface area contributed by atoms with Gasteiger partial charge in [0.25, 0.3) is 0 Å². The van der Waals surface area contributed by atoms with Crippen molar-refractivity contribution in [2.45, 2.75) is 33.2 Å². The van der Waals surface area contributed by atoms with E-state index in [1.807, 2.05) is 6.92 Å². The monoisotopic (exact) mass is 280 g/mol. The summed E-state index contributed by atoms with van der Waals surface area (Å²) >= 11 is 6.24. The lowest BCUT2D eigenvalue weighted by Crippen LogP contribution is -2.32. The fourth-order valence-electron chi connectivity index (χ4n) is 2.96. The molecule has 2 N–H and O–H groups in total. The summed E-state index contributed by atoms with van der Waals surface area (Å²) < 4.78 is 0. The van der Waals surface area contributed by atoms with Gasteiger partial charge < -0.3 is 5.73 Å². The van der Waals surface area contributed by atoms with Gasteiger partial charge in [0.15, 0.2) is 0 Å². The predicted octanol–water partition coefficient (Wildman–Crippen LogP) is 3.63. The Hall–Kier alpha value is -0.570. The molecule has 0 aliphatic carbocycles. The summed E-state index contributed by atoms with van der Waals surface area (Å²) in [4.78, 5) is 2.52. The van der Waals surface area contributed by atoms with Crippen molar-refractivity contribution in [3.63, 3.8) is 0 Å². The van der Waals surface area contributed by atoms with E-state index in [1.54, 1.807) is 0 Å². The molecule has 1 aromatic carbocycles. The number of likely N-dealkylation sites (tertiary alicyclic amines) is 1. The van der Waals surface area contributed by atoms with Crippen LogP contribution in [0.3, 0.4) is 0 Å². The topological polar surface area (TPSA) is 29.3 Å². The number of hydrogen-bond acceptors (Lipinski definition) is 2. The third kappa shape index (κ3) is 3.31. The molecule has 0 spiro atoms. The van der Waals surface area contributed by atoms with Gasteiger partial charge in [0.05, 0.1) is 0 Å². The van der Waals surface area contributed by atoms with Crippen molar-refractivity contribution in [2.24, 2.45) is 17.6 Å². The minimum atomic E-state index is 0.307. The Bertz CT molecular complexity index is 431. The zero-order valence-corrected chi connectivity index (χ0v) is 13.0. The molecule has 2 atom stereocenters. The predicted molar refractivity (Wildman–Crippen MR) is 82.5 cm³/mol. The summed E-state index contributed by atoms with van der Waals surface area (Å²) in [5.74, 6) is 1.56. The largest absolute Gasteiger partial charge is 0.329 e. The van der Waals surface area contributed by atoms with Gasteiger partial charge in [0.1, 0.15) is 0 Å². The van der Waals surface area contributed by atoms with Crippen LogP contribution in [-0.4, -0.2) is 24.5 Å². The zero-order chi connectivity index (χ0) is 14.0. The molecule has 19 heavy (non-hydrogen) atoms. The van der Waals surface area contributed by atoms with E-state index < -0.39 is 0 Å². The van der Waals surface area contributed by atoms with Gasteiger partial charge >= 0.3 is 0 Å². The van der Waals surface area contributed by atoms with Gasteiger partial charge in [-0.1, -0.05) is 37.6 Å². The number of rotatable bonds is 4. The van der Waals surface area contributed by atoms with E-state index in [9.17, 15) is 0 Å². The van der Waals surface area contributed by atoms with Crippen LogP contribution in [0.15, 0.2) is 18.2 Å². The van der Waals surface area contributed by atoms with Gasteiger partial charge in [0.2, 0.25) is 0 Å². The second-order valence-electron chi connectivity index (χ2n) is 6.05. The fraction of sp³-hybridized carbons (Fsp3) is 0.625. The third-order valence-corrected chi connectivity index (χ3v) is 4.85. The molecule has 0 bridgehead atoms. The molecule has 1 aliphatic rings. The Labute approximate surface area is 121 Å². The van der Waals surface area contributed by atoms with Crippen molar-refractivity contribution in [1.82, 2.24) is 4.90 Å². The molecule has 1 aromatic rings. The van der Waals surface area contributed by atoms with E-state index >= 15 is 0 Å². The molecule has 2 unspecified atom stereocenters. The molecule has 1 fully saturated rings. The molecule has 0 radical (unpaired) electrons. The van der Waals surface area contributed by atoms with Crippen LogP contribution >= 0.6 is 11.6 Å². The molecule has 0 saturated carbocycles. The highest BCUT2D eigenvalue weighted by Gasteiger charge is 2.29. The molecule has 3 heteroatoms. The highest BCUT2D eigenvalue weighted by atomic mass is 35.5. The first kappa shape index (κ1) is 14.8. The second kappa shape index (κ2) is 6.25. The standard InChI is InChI=1S/C16H25ClN2/c1-11(2)14-6-7-19(10-14)16(9-18)13-5-4-12(3)15(17)8-13/h4-5,8,11,14,16H,6-7,9-10,18H2,1-3H3. The van der Waals surface area contributed by atoms with E-state index in [2.05, 4.69) is 36.9 Å². The maximum absolute atomic E-state index is 6.24. The summed E-state index contributed by atoms with van der Waals surface area (Å²) in [6, 6.07) is 6.65. The van der Waals surface area contributed by atoms with Crippen LogP contribution in [0.5, 0.6) is 0 Å². The van der Waals surface area contributed by atoms with E-state index in [1.165, 1.54) is 12.0 Å². The molecule has 0 aromatic heterocycles. The highest BCUT2D eigenvalue weighted by Crippen LogP contribution is 2.31. The Morgan fingerprint density at radius 1 is 1.42 bits per heavy atom. The van der Waals surface area contributed by atoms with Crippen molar-refractivity contribution in [1.29, 1.82) is 0 Å². The van der Waals surface area contributed by atoms with Crippen LogP contribution in [0.25, 0.3) is 0 Å². The normalized spacial score (nSPS) is 22.1. The van der Waals surface area contributed by atoms with Crippen molar-refractivity contribution in [3.8, 4) is 0 Å². The molecular weight excluding hydrogens is 256 g/mol. The SMILES string of the molecule is Cc1ccc(C(CN)N2CCC(C(C)C)C2)cc1Cl. The second-order valence-corrected chi connectivity index (χ2v) is 6.46. The number of aryl methyl sites for hydroxylation is 1. The van der Waals surface area contributed by atoms with Crippen LogP contribution in [-0.2, 0) is 0 Å². The lowest BCUT2D eigenvalue weighted by Gasteiger charge is -2.28. The van der Waals surface area contributed by atoms with Gasteiger partial charge in [-0.25, -0.2) is 0 Å². The van der Waals surface area contributed by atoms with Gasteiger partial charge in [0, 0.05) is 24.2 Å². The summed E-state index contributed by atoms with van der Waals surface area (Å²) in [5.41, 5.74) is 8.39. The van der Waals surface area contributed by atoms with E-state index in [0.717, 1.165) is 35.5 Å². The fourth-order valence-corrected chi connectivity index (χ4v) is 3.14. The molecule has 1 heterocycles. The molecule has 2 rings (SSSR count). The van der Waals surface area contributed by atoms with Crippen molar-refractivity contribution >= 4 is 11.6 Å². The molecule has 2 nitrogen and oxygen atoms in total. The molecule has 1 saturated heterocycles. The van der Waals surface area contributed by atoms with Crippen molar-refractivity contribution < 1.29 is 0 Å². The van der Waals surface area contributed by atoms with Crippen LogP contribution in [0, 0.1) is 18.8 Å². The Kier molecular flexibility index (Phi) is 4.88. The summed E-state index contributed by atoms with van der Waals surface area (Å²) in [5, 5.41) is 0.843. The maximum Gasteiger partial charge on any atom is 0.0471 e. The van der Waals surface area contributed by atoms with Crippen molar-refractivity contribution in [2.75, 3.05) is 19.6 Å².